The molecule has 1 atom stereocenters. The highest BCUT2D eigenvalue weighted by atomic mass is 16.2. The summed E-state index contributed by atoms with van der Waals surface area (Å²) in [6.45, 7) is 6.89. The van der Waals surface area contributed by atoms with E-state index in [1.165, 1.54) is 12.5 Å². The lowest BCUT2D eigenvalue weighted by molar-refractivity contribution is -0.122. The van der Waals surface area contributed by atoms with Gasteiger partial charge in [0.15, 0.2) is 0 Å². The zero-order valence-electron chi connectivity index (χ0n) is 13.4. The van der Waals surface area contributed by atoms with E-state index in [1.807, 2.05) is 32.0 Å². The van der Waals surface area contributed by atoms with E-state index in [1.54, 1.807) is 7.05 Å². The summed E-state index contributed by atoms with van der Waals surface area (Å²) in [4.78, 5) is 21.3. The van der Waals surface area contributed by atoms with E-state index < -0.39 is 0 Å². The van der Waals surface area contributed by atoms with Gasteiger partial charge in [-0.05, 0) is 25.5 Å². The van der Waals surface area contributed by atoms with Crippen molar-refractivity contribution >= 4 is 11.8 Å². The number of carbonyl (C=O) groups is 2. The fraction of sp³-hybridized carbons (Fsp3) is 0.500. The van der Waals surface area contributed by atoms with E-state index in [0.717, 1.165) is 19.5 Å². The summed E-state index contributed by atoms with van der Waals surface area (Å²) in [5.41, 5.74) is 1.26. The Morgan fingerprint density at radius 1 is 1.19 bits per heavy atom. The zero-order valence-corrected chi connectivity index (χ0v) is 13.4. The summed E-state index contributed by atoms with van der Waals surface area (Å²) >= 11 is 0. The summed E-state index contributed by atoms with van der Waals surface area (Å²) in [5.74, 6) is 0.0720. The Morgan fingerprint density at radius 2 is 1.81 bits per heavy atom. The SMILES string of the molecule is CC(=O)NCCc1ccccc1.CCNC(C)C(=O)NC. The van der Waals surface area contributed by atoms with Crippen LogP contribution in [-0.4, -0.2) is 38.0 Å². The van der Waals surface area contributed by atoms with Crippen LogP contribution in [0.2, 0.25) is 0 Å². The van der Waals surface area contributed by atoms with Gasteiger partial charge in [0.1, 0.15) is 0 Å². The molecule has 0 aliphatic rings. The van der Waals surface area contributed by atoms with Crippen molar-refractivity contribution < 1.29 is 9.59 Å². The molecule has 0 aliphatic heterocycles. The number of amides is 2. The Balaban J connectivity index is 0.000000400. The fourth-order valence-electron chi connectivity index (χ4n) is 1.64. The molecular weight excluding hydrogens is 266 g/mol. The predicted octanol–water partition coefficient (Wildman–Crippen LogP) is 1.10. The Labute approximate surface area is 127 Å². The van der Waals surface area contributed by atoms with Crippen molar-refractivity contribution in [1.82, 2.24) is 16.0 Å². The highest BCUT2D eigenvalue weighted by molar-refractivity contribution is 5.80. The minimum absolute atomic E-state index is 0.0333. The second-order valence-electron chi connectivity index (χ2n) is 4.61. The van der Waals surface area contributed by atoms with Crippen molar-refractivity contribution in [3.8, 4) is 0 Å². The second kappa shape index (κ2) is 11.9. The largest absolute Gasteiger partial charge is 0.358 e. The van der Waals surface area contributed by atoms with Gasteiger partial charge in [0.05, 0.1) is 6.04 Å². The first-order valence-corrected chi connectivity index (χ1v) is 7.24. The molecule has 0 saturated carbocycles. The lowest BCUT2D eigenvalue weighted by Gasteiger charge is -2.08. The lowest BCUT2D eigenvalue weighted by Crippen LogP contribution is -2.40. The fourth-order valence-corrected chi connectivity index (χ4v) is 1.64. The van der Waals surface area contributed by atoms with E-state index in [0.29, 0.717) is 0 Å². The van der Waals surface area contributed by atoms with Crippen LogP contribution in [-0.2, 0) is 16.0 Å². The molecule has 1 rings (SSSR count). The number of hydrogen-bond donors (Lipinski definition) is 3. The Morgan fingerprint density at radius 3 is 2.29 bits per heavy atom. The zero-order chi connectivity index (χ0) is 16.1. The van der Waals surface area contributed by atoms with Gasteiger partial charge in [0.25, 0.3) is 0 Å². The van der Waals surface area contributed by atoms with Crippen LogP contribution < -0.4 is 16.0 Å². The molecule has 1 unspecified atom stereocenters. The molecule has 1 aromatic rings. The molecule has 2 amide bonds. The number of rotatable bonds is 6. The average Bonchev–Trinajstić information content (AvgIpc) is 2.48. The smallest absolute Gasteiger partial charge is 0.236 e. The van der Waals surface area contributed by atoms with E-state index in [4.69, 9.17) is 0 Å². The molecule has 21 heavy (non-hydrogen) atoms. The maximum Gasteiger partial charge on any atom is 0.236 e. The van der Waals surface area contributed by atoms with Crippen molar-refractivity contribution in [2.45, 2.75) is 33.2 Å². The number of carbonyl (C=O) groups excluding carboxylic acids is 2. The minimum Gasteiger partial charge on any atom is -0.358 e. The quantitative estimate of drug-likeness (QED) is 0.735. The Bertz CT molecular complexity index is 407. The van der Waals surface area contributed by atoms with Gasteiger partial charge in [-0.15, -0.1) is 0 Å². The van der Waals surface area contributed by atoms with E-state index in [2.05, 4.69) is 28.1 Å². The van der Waals surface area contributed by atoms with Crippen LogP contribution in [0, 0.1) is 0 Å². The molecule has 0 aromatic heterocycles. The maximum absolute atomic E-state index is 10.7. The summed E-state index contributed by atoms with van der Waals surface area (Å²) in [6, 6.07) is 10.0. The molecule has 118 valence electrons. The first-order chi connectivity index (χ1) is 10.0. The Kier molecular flexibility index (Phi) is 10.8. The maximum atomic E-state index is 10.7. The van der Waals surface area contributed by atoms with E-state index >= 15 is 0 Å². The van der Waals surface area contributed by atoms with Gasteiger partial charge in [-0.2, -0.15) is 0 Å². The second-order valence-corrected chi connectivity index (χ2v) is 4.61. The highest BCUT2D eigenvalue weighted by Gasteiger charge is 2.06. The van der Waals surface area contributed by atoms with Gasteiger partial charge in [-0.25, -0.2) is 0 Å². The average molecular weight is 293 g/mol. The first kappa shape index (κ1) is 19.1. The molecule has 0 radical (unpaired) electrons. The highest BCUT2D eigenvalue weighted by Crippen LogP contribution is 1.97. The van der Waals surface area contributed by atoms with Crippen LogP contribution in [0.15, 0.2) is 30.3 Å². The van der Waals surface area contributed by atoms with Gasteiger partial charge in [-0.1, -0.05) is 37.3 Å². The summed E-state index contributed by atoms with van der Waals surface area (Å²) in [5, 5.41) is 8.29. The van der Waals surface area contributed by atoms with Crippen LogP contribution in [0.5, 0.6) is 0 Å². The molecule has 5 heteroatoms. The van der Waals surface area contributed by atoms with Crippen LogP contribution in [0.4, 0.5) is 0 Å². The van der Waals surface area contributed by atoms with Crippen LogP contribution in [0.3, 0.4) is 0 Å². The third-order valence-corrected chi connectivity index (χ3v) is 2.78. The molecule has 0 fully saturated rings. The molecule has 3 N–H and O–H groups in total. The van der Waals surface area contributed by atoms with Crippen LogP contribution in [0.25, 0.3) is 0 Å². The molecule has 0 heterocycles. The molecule has 0 spiro atoms. The minimum atomic E-state index is -0.0694. The normalized spacial score (nSPS) is 10.9. The summed E-state index contributed by atoms with van der Waals surface area (Å²) < 4.78 is 0. The van der Waals surface area contributed by atoms with E-state index in [9.17, 15) is 9.59 Å². The van der Waals surface area contributed by atoms with Crippen molar-refractivity contribution in [1.29, 1.82) is 0 Å². The number of benzene rings is 1. The van der Waals surface area contributed by atoms with Gasteiger partial charge >= 0.3 is 0 Å². The first-order valence-electron chi connectivity index (χ1n) is 7.24. The Hall–Kier alpha value is -1.88. The van der Waals surface area contributed by atoms with E-state index in [-0.39, 0.29) is 17.9 Å². The standard InChI is InChI=1S/C10H13NO.C6H14N2O/c1-9(12)11-8-7-10-5-3-2-4-6-10;1-4-8-5(2)6(9)7-3/h2-6H,7-8H2,1H3,(H,11,12);5,8H,4H2,1-3H3,(H,7,9). The molecule has 1 aromatic carbocycles. The molecule has 0 saturated heterocycles. The third-order valence-electron chi connectivity index (χ3n) is 2.78. The van der Waals surface area contributed by atoms with Crippen molar-refractivity contribution in [3.05, 3.63) is 35.9 Å². The summed E-state index contributed by atoms with van der Waals surface area (Å²) in [6.07, 6.45) is 0.903. The monoisotopic (exact) mass is 293 g/mol. The molecule has 0 aliphatic carbocycles. The molecule has 5 nitrogen and oxygen atoms in total. The predicted molar refractivity (Wildman–Crippen MR) is 86.0 cm³/mol. The summed E-state index contributed by atoms with van der Waals surface area (Å²) in [7, 11) is 1.64. The topological polar surface area (TPSA) is 70.2 Å². The van der Waals surface area contributed by atoms with Crippen LogP contribution in [0.1, 0.15) is 26.3 Å². The van der Waals surface area contributed by atoms with Crippen molar-refractivity contribution in [2.75, 3.05) is 20.1 Å². The number of hydrogen-bond acceptors (Lipinski definition) is 3. The van der Waals surface area contributed by atoms with Crippen molar-refractivity contribution in [2.24, 2.45) is 0 Å². The number of nitrogens with one attached hydrogen (secondary N) is 3. The van der Waals surface area contributed by atoms with Gasteiger partial charge < -0.3 is 16.0 Å². The van der Waals surface area contributed by atoms with Gasteiger partial charge in [-0.3, -0.25) is 9.59 Å². The van der Waals surface area contributed by atoms with Gasteiger partial charge in [0, 0.05) is 20.5 Å². The molecular formula is C16H27N3O2. The van der Waals surface area contributed by atoms with Gasteiger partial charge in [0.2, 0.25) is 11.8 Å². The van der Waals surface area contributed by atoms with Crippen molar-refractivity contribution in [3.63, 3.8) is 0 Å². The number of likely N-dealkylation sites (N-methyl/N-ethyl adjacent to an activating group) is 2. The third kappa shape index (κ3) is 10.6. The molecule has 0 bridgehead atoms. The lowest BCUT2D eigenvalue weighted by atomic mass is 10.1. The van der Waals surface area contributed by atoms with Crippen LogP contribution >= 0.6 is 0 Å².